The predicted molar refractivity (Wildman–Crippen MR) is 95.8 cm³/mol. The fourth-order valence-electron chi connectivity index (χ4n) is 4.29. The van der Waals surface area contributed by atoms with E-state index in [1.165, 1.54) is 30.5 Å². The molecule has 1 aliphatic carbocycles. The summed E-state index contributed by atoms with van der Waals surface area (Å²) < 4.78 is 11.4. The smallest absolute Gasteiger partial charge is 0.143 e. The lowest BCUT2D eigenvalue weighted by Crippen LogP contribution is -2.37. The van der Waals surface area contributed by atoms with Gasteiger partial charge in [-0.3, -0.25) is 5.84 Å². The zero-order valence-corrected chi connectivity index (χ0v) is 14.7. The van der Waals surface area contributed by atoms with Crippen LogP contribution < -0.4 is 15.5 Å². The highest BCUT2D eigenvalue weighted by molar-refractivity contribution is 5.71. The van der Waals surface area contributed by atoms with Crippen molar-refractivity contribution in [2.45, 2.75) is 38.0 Å². The highest BCUT2D eigenvalue weighted by atomic mass is 16.5. The maximum absolute atomic E-state index is 6.11. The van der Waals surface area contributed by atoms with Crippen molar-refractivity contribution in [2.24, 2.45) is 5.84 Å². The van der Waals surface area contributed by atoms with E-state index in [9.17, 15) is 0 Å². The Balaban J connectivity index is 1.80. The Morgan fingerprint density at radius 2 is 2.08 bits per heavy atom. The SMILES string of the molecule is COCCN1CCOc2cc3c(c(C4CCC4)c21)CCN(N)CC3. The molecule has 0 unspecified atom stereocenters. The average Bonchev–Trinajstić information content (AvgIpc) is 2.73. The maximum atomic E-state index is 6.11. The van der Waals surface area contributed by atoms with Crippen LogP contribution in [0.4, 0.5) is 5.69 Å². The quantitative estimate of drug-likeness (QED) is 0.856. The first-order chi connectivity index (χ1) is 11.8. The summed E-state index contributed by atoms with van der Waals surface area (Å²) >= 11 is 0. The number of rotatable bonds is 4. The van der Waals surface area contributed by atoms with Gasteiger partial charge >= 0.3 is 0 Å². The van der Waals surface area contributed by atoms with Gasteiger partial charge in [-0.2, -0.15) is 0 Å². The minimum Gasteiger partial charge on any atom is -0.490 e. The van der Waals surface area contributed by atoms with E-state index in [1.807, 2.05) is 5.01 Å². The molecular weight excluding hydrogens is 302 g/mol. The number of ether oxygens (including phenoxy) is 2. The number of fused-ring (bicyclic) bond motifs is 2. The molecule has 132 valence electrons. The number of hydrogen-bond donors (Lipinski definition) is 1. The van der Waals surface area contributed by atoms with Crippen LogP contribution in [0.1, 0.15) is 41.9 Å². The first kappa shape index (κ1) is 16.2. The van der Waals surface area contributed by atoms with Crippen LogP contribution in [0, 0.1) is 0 Å². The normalized spacial score (nSPS) is 21.5. The van der Waals surface area contributed by atoms with Crippen LogP contribution in [0.25, 0.3) is 0 Å². The monoisotopic (exact) mass is 331 g/mol. The van der Waals surface area contributed by atoms with Gasteiger partial charge in [-0.25, -0.2) is 5.01 Å². The fourth-order valence-corrected chi connectivity index (χ4v) is 4.29. The third-order valence-corrected chi connectivity index (χ3v) is 5.84. The molecule has 2 N–H and O–H groups in total. The van der Waals surface area contributed by atoms with Crippen LogP contribution in [0.5, 0.6) is 5.75 Å². The van der Waals surface area contributed by atoms with Crippen molar-refractivity contribution >= 4 is 5.69 Å². The zero-order valence-electron chi connectivity index (χ0n) is 14.7. The topological polar surface area (TPSA) is 51.0 Å². The van der Waals surface area contributed by atoms with Gasteiger partial charge in [0, 0.05) is 26.7 Å². The molecule has 5 nitrogen and oxygen atoms in total. The van der Waals surface area contributed by atoms with Crippen LogP contribution in [0.3, 0.4) is 0 Å². The maximum Gasteiger partial charge on any atom is 0.143 e. The van der Waals surface area contributed by atoms with E-state index in [0.29, 0.717) is 5.92 Å². The second-order valence-electron chi connectivity index (χ2n) is 7.27. The first-order valence-corrected chi connectivity index (χ1v) is 9.33. The van der Waals surface area contributed by atoms with Crippen molar-refractivity contribution in [3.63, 3.8) is 0 Å². The van der Waals surface area contributed by atoms with Gasteiger partial charge in [0.25, 0.3) is 0 Å². The second kappa shape index (κ2) is 6.90. The molecule has 0 spiro atoms. The van der Waals surface area contributed by atoms with Crippen molar-refractivity contribution in [3.05, 3.63) is 22.8 Å². The van der Waals surface area contributed by atoms with Crippen LogP contribution >= 0.6 is 0 Å². The van der Waals surface area contributed by atoms with E-state index in [-0.39, 0.29) is 0 Å². The lowest BCUT2D eigenvalue weighted by Gasteiger charge is -2.39. The van der Waals surface area contributed by atoms with Crippen LogP contribution in [0.15, 0.2) is 6.07 Å². The molecule has 2 aliphatic heterocycles. The number of hydrazine groups is 1. The second-order valence-corrected chi connectivity index (χ2v) is 7.27. The molecule has 1 aromatic carbocycles. The molecule has 0 saturated heterocycles. The standard InChI is InChI=1S/C19H29N3O2/c1-23-11-9-21-10-12-24-17-13-15-5-7-22(20)8-6-16(15)18(19(17)21)14-3-2-4-14/h13-14H,2-12,20H2,1H3. The summed E-state index contributed by atoms with van der Waals surface area (Å²) in [5, 5.41) is 1.97. The van der Waals surface area contributed by atoms with Crippen LogP contribution in [-0.2, 0) is 17.6 Å². The summed E-state index contributed by atoms with van der Waals surface area (Å²) in [5.74, 6) is 7.89. The lowest BCUT2D eigenvalue weighted by atomic mass is 9.75. The third kappa shape index (κ3) is 2.89. The number of nitrogens with zero attached hydrogens (tertiary/aromatic N) is 2. The number of hydrogen-bond acceptors (Lipinski definition) is 5. The molecule has 0 atom stereocenters. The van der Waals surface area contributed by atoms with Gasteiger partial charge in [-0.1, -0.05) is 6.42 Å². The molecule has 1 fully saturated rings. The molecule has 5 heteroatoms. The zero-order chi connectivity index (χ0) is 16.5. The summed E-state index contributed by atoms with van der Waals surface area (Å²) in [7, 11) is 1.78. The fraction of sp³-hybridized carbons (Fsp3) is 0.684. The van der Waals surface area contributed by atoms with E-state index in [4.69, 9.17) is 15.3 Å². The van der Waals surface area contributed by atoms with Crippen molar-refractivity contribution in [3.8, 4) is 5.75 Å². The Morgan fingerprint density at radius 1 is 1.25 bits per heavy atom. The molecule has 0 aromatic heterocycles. The third-order valence-electron chi connectivity index (χ3n) is 5.84. The molecule has 4 rings (SSSR count). The Labute approximate surface area is 144 Å². The van der Waals surface area contributed by atoms with E-state index in [1.54, 1.807) is 18.2 Å². The molecular formula is C19H29N3O2. The van der Waals surface area contributed by atoms with Gasteiger partial charge in [-0.05, 0) is 54.4 Å². The Morgan fingerprint density at radius 3 is 2.83 bits per heavy atom. The molecule has 0 bridgehead atoms. The van der Waals surface area contributed by atoms with Crippen LogP contribution in [-0.4, -0.2) is 51.5 Å². The highest BCUT2D eigenvalue weighted by Crippen LogP contribution is 2.49. The largest absolute Gasteiger partial charge is 0.490 e. The van der Waals surface area contributed by atoms with Crippen molar-refractivity contribution in [1.82, 2.24) is 5.01 Å². The Hall–Kier alpha value is -1.30. The van der Waals surface area contributed by atoms with Crippen molar-refractivity contribution in [1.29, 1.82) is 0 Å². The Bertz CT molecular complexity index is 601. The van der Waals surface area contributed by atoms with E-state index in [0.717, 1.165) is 58.0 Å². The Kier molecular flexibility index (Phi) is 4.66. The molecule has 2 heterocycles. The minimum atomic E-state index is 0.699. The number of benzene rings is 1. The average molecular weight is 331 g/mol. The summed E-state index contributed by atoms with van der Waals surface area (Å²) in [5.41, 5.74) is 5.93. The summed E-state index contributed by atoms with van der Waals surface area (Å²) in [6, 6.07) is 2.30. The minimum absolute atomic E-state index is 0.699. The van der Waals surface area contributed by atoms with Gasteiger partial charge < -0.3 is 14.4 Å². The lowest BCUT2D eigenvalue weighted by molar-refractivity contribution is 0.201. The van der Waals surface area contributed by atoms with E-state index in [2.05, 4.69) is 11.0 Å². The first-order valence-electron chi connectivity index (χ1n) is 9.33. The number of nitrogens with two attached hydrogens (primary N) is 1. The molecule has 1 aromatic rings. The van der Waals surface area contributed by atoms with E-state index < -0.39 is 0 Å². The molecule has 3 aliphatic rings. The van der Waals surface area contributed by atoms with Crippen LogP contribution in [0.2, 0.25) is 0 Å². The van der Waals surface area contributed by atoms with Gasteiger partial charge in [0.1, 0.15) is 12.4 Å². The highest BCUT2D eigenvalue weighted by Gasteiger charge is 2.33. The van der Waals surface area contributed by atoms with Crippen molar-refractivity contribution in [2.75, 3.05) is 51.4 Å². The number of anilines is 1. The van der Waals surface area contributed by atoms with Gasteiger partial charge in [0.15, 0.2) is 0 Å². The predicted octanol–water partition coefficient (Wildman–Crippen LogP) is 2.07. The van der Waals surface area contributed by atoms with E-state index >= 15 is 0 Å². The number of methoxy groups -OCH3 is 1. The molecule has 0 amide bonds. The summed E-state index contributed by atoms with van der Waals surface area (Å²) in [4.78, 5) is 2.49. The van der Waals surface area contributed by atoms with Crippen molar-refractivity contribution < 1.29 is 9.47 Å². The molecule has 24 heavy (non-hydrogen) atoms. The summed E-state index contributed by atoms with van der Waals surface area (Å²) in [6.07, 6.45) is 6.06. The van der Waals surface area contributed by atoms with Gasteiger partial charge in [-0.15, -0.1) is 0 Å². The van der Waals surface area contributed by atoms with Gasteiger partial charge in [0.05, 0.1) is 18.8 Å². The van der Waals surface area contributed by atoms with Gasteiger partial charge in [0.2, 0.25) is 0 Å². The molecule has 1 saturated carbocycles. The molecule has 0 radical (unpaired) electrons. The summed E-state index contributed by atoms with van der Waals surface area (Å²) in [6.45, 7) is 5.31.